The van der Waals surface area contributed by atoms with Crippen molar-refractivity contribution < 1.29 is 23.0 Å². The van der Waals surface area contributed by atoms with Gasteiger partial charge in [0.05, 0.1) is 24.0 Å². The third-order valence-corrected chi connectivity index (χ3v) is 7.05. The van der Waals surface area contributed by atoms with Gasteiger partial charge in [-0.1, -0.05) is 55.8 Å². The van der Waals surface area contributed by atoms with Gasteiger partial charge in [-0.05, 0) is 61.3 Å². The summed E-state index contributed by atoms with van der Waals surface area (Å²) in [6, 6.07) is 11.7. The number of benzene rings is 2. The molecule has 2 aliphatic heterocycles. The van der Waals surface area contributed by atoms with E-state index in [2.05, 4.69) is 11.9 Å². The second-order valence-corrected chi connectivity index (χ2v) is 9.85. The highest BCUT2D eigenvalue weighted by Crippen LogP contribution is 2.35. The molecule has 6 nitrogen and oxygen atoms in total. The van der Waals surface area contributed by atoms with Gasteiger partial charge < -0.3 is 20.5 Å². The molecule has 2 aliphatic rings. The summed E-state index contributed by atoms with van der Waals surface area (Å²) in [6.45, 7) is 2.83. The van der Waals surface area contributed by atoms with Crippen LogP contribution in [0.15, 0.2) is 53.5 Å². The van der Waals surface area contributed by atoms with E-state index < -0.39 is 23.9 Å². The Kier molecular flexibility index (Phi) is 8.76. The van der Waals surface area contributed by atoms with Crippen LogP contribution < -0.4 is 5.73 Å². The average Bonchev–Trinajstić information content (AvgIpc) is 3.25. The van der Waals surface area contributed by atoms with E-state index in [-0.39, 0.29) is 23.8 Å². The molecule has 1 saturated heterocycles. The predicted molar refractivity (Wildman–Crippen MR) is 143 cm³/mol. The predicted octanol–water partition coefficient (Wildman–Crippen LogP) is 5.32. The molecule has 4 rings (SSSR count). The van der Waals surface area contributed by atoms with E-state index >= 15 is 0 Å². The third-order valence-electron chi connectivity index (χ3n) is 7.05. The van der Waals surface area contributed by atoms with Gasteiger partial charge in [-0.25, -0.2) is 4.99 Å². The molecule has 204 valence electrons. The number of ether oxygens (including phenoxy) is 1. The first-order valence-electron chi connectivity index (χ1n) is 13.2. The minimum atomic E-state index is -4.52. The van der Waals surface area contributed by atoms with Crippen LogP contribution in [0.5, 0.6) is 0 Å². The van der Waals surface area contributed by atoms with Gasteiger partial charge in [0, 0.05) is 12.1 Å². The zero-order chi connectivity index (χ0) is 27.3. The van der Waals surface area contributed by atoms with Crippen molar-refractivity contribution in [3.63, 3.8) is 0 Å². The number of nitrogens with two attached hydrogens (primary N) is 1. The largest absolute Gasteiger partial charge is 0.479 e. The summed E-state index contributed by atoms with van der Waals surface area (Å²) >= 11 is 0. The zero-order valence-corrected chi connectivity index (χ0v) is 21.6. The van der Waals surface area contributed by atoms with Gasteiger partial charge in [0.15, 0.2) is 5.96 Å². The number of guanidine groups is 1. The number of aryl methyl sites for hydroxylation is 3. The van der Waals surface area contributed by atoms with E-state index in [1.807, 2.05) is 24.3 Å². The maximum Gasteiger partial charge on any atom is 0.416 e. The summed E-state index contributed by atoms with van der Waals surface area (Å²) in [6.07, 6.45) is 0.864. The second-order valence-electron chi connectivity index (χ2n) is 9.85. The lowest BCUT2D eigenvalue weighted by molar-refractivity contribution is -0.138. The molecule has 2 aromatic carbocycles. The van der Waals surface area contributed by atoms with E-state index in [9.17, 15) is 18.3 Å². The monoisotopic (exact) mass is 528 g/mol. The Bertz CT molecular complexity index is 1190. The first-order chi connectivity index (χ1) is 18.2. The molecule has 0 bridgehead atoms. The first kappa shape index (κ1) is 27.7. The Hall–Kier alpha value is -3.33. The van der Waals surface area contributed by atoms with Gasteiger partial charge in [0.2, 0.25) is 5.90 Å². The lowest BCUT2D eigenvalue weighted by Gasteiger charge is -2.28. The molecule has 0 amide bonds. The number of nitrogens with one attached hydrogen (secondary N) is 1. The number of aliphatic hydroxyl groups is 1. The lowest BCUT2D eigenvalue weighted by Crippen LogP contribution is -2.48. The Morgan fingerprint density at radius 2 is 1.84 bits per heavy atom. The van der Waals surface area contributed by atoms with Crippen LogP contribution in [0.3, 0.4) is 0 Å². The number of nitrogens with zero attached hydrogens (tertiary/aromatic N) is 2. The Morgan fingerprint density at radius 3 is 2.50 bits per heavy atom. The molecule has 2 aromatic rings. The topological polar surface area (TPSA) is 94.9 Å². The molecule has 1 fully saturated rings. The normalized spacial score (nSPS) is 20.3. The second kappa shape index (κ2) is 12.0. The van der Waals surface area contributed by atoms with Gasteiger partial charge in [0.1, 0.15) is 6.04 Å². The van der Waals surface area contributed by atoms with Crippen molar-refractivity contribution in [3.8, 4) is 0 Å². The number of likely N-dealkylation sites (tertiary alicyclic amines) is 1. The van der Waals surface area contributed by atoms with E-state index in [0.717, 1.165) is 24.5 Å². The molecule has 0 spiro atoms. The fourth-order valence-electron chi connectivity index (χ4n) is 5.03. The number of aliphatic hydroxyl groups excluding tert-OH is 1. The molecule has 2 atom stereocenters. The van der Waals surface area contributed by atoms with E-state index in [1.54, 1.807) is 12.1 Å². The van der Waals surface area contributed by atoms with Crippen molar-refractivity contribution >= 4 is 17.6 Å². The third kappa shape index (κ3) is 6.56. The van der Waals surface area contributed by atoms with E-state index in [0.29, 0.717) is 50.1 Å². The highest BCUT2D eigenvalue weighted by atomic mass is 19.4. The maximum absolute atomic E-state index is 14.2. The highest BCUT2D eigenvalue weighted by molar-refractivity contribution is 5.92. The van der Waals surface area contributed by atoms with Gasteiger partial charge in [-0.15, -0.1) is 0 Å². The van der Waals surface area contributed by atoms with Crippen LogP contribution >= 0.6 is 0 Å². The minimum absolute atomic E-state index is 0.167. The average molecular weight is 529 g/mol. The summed E-state index contributed by atoms with van der Waals surface area (Å²) in [4.78, 5) is 6.08. The van der Waals surface area contributed by atoms with Gasteiger partial charge >= 0.3 is 6.18 Å². The molecular formula is C29H35F3N4O2. The van der Waals surface area contributed by atoms with Gasteiger partial charge in [-0.2, -0.15) is 13.2 Å². The molecular weight excluding hydrogens is 493 g/mol. The summed E-state index contributed by atoms with van der Waals surface area (Å²) in [5, 5.41) is 18.4. The Balaban J connectivity index is 1.62. The van der Waals surface area contributed by atoms with Crippen LogP contribution in [-0.4, -0.2) is 47.2 Å². The Labute approximate surface area is 221 Å². The summed E-state index contributed by atoms with van der Waals surface area (Å²) in [5.41, 5.74) is 8.16. The van der Waals surface area contributed by atoms with Crippen LogP contribution in [-0.2, 0) is 30.2 Å². The molecule has 0 aromatic heterocycles. The molecule has 4 N–H and O–H groups in total. The minimum Gasteiger partial charge on any atom is -0.479 e. The highest BCUT2D eigenvalue weighted by Gasteiger charge is 2.39. The summed E-state index contributed by atoms with van der Waals surface area (Å²) in [5.74, 6) is -0.0468. The molecule has 38 heavy (non-hydrogen) atoms. The van der Waals surface area contributed by atoms with Crippen molar-refractivity contribution in [1.82, 2.24) is 4.90 Å². The van der Waals surface area contributed by atoms with Crippen LogP contribution in [0.2, 0.25) is 0 Å². The van der Waals surface area contributed by atoms with Gasteiger partial charge in [0.25, 0.3) is 0 Å². The fourth-order valence-corrected chi connectivity index (χ4v) is 5.03. The standard InChI is InChI=1S/C29H35F3N4O2/c1-2-5-19-7-9-20(10-8-19)11-12-21-13-14-22(18-23(21)29(30,31)32)24-6-3-4-17-38-27(35-24)26-25(37)15-16-36(26)28(33)34/h6-10,13-14,18,25-26,37H,2-5,11-12,15-17H2,1H3,(H3,33,34)/t25-,26-/m0/s1. The number of hydrogen-bond donors (Lipinski definition) is 3. The van der Waals surface area contributed by atoms with Crippen molar-refractivity contribution in [2.45, 2.75) is 70.2 Å². The smallest absolute Gasteiger partial charge is 0.416 e. The molecule has 9 heteroatoms. The van der Waals surface area contributed by atoms with Crippen LogP contribution in [0, 0.1) is 5.41 Å². The van der Waals surface area contributed by atoms with Crippen molar-refractivity contribution in [3.05, 3.63) is 76.4 Å². The molecule has 0 radical (unpaired) electrons. The quantitative estimate of drug-likeness (QED) is 0.335. The molecule has 0 saturated carbocycles. The van der Waals surface area contributed by atoms with E-state index in [4.69, 9.17) is 15.9 Å². The number of halogens is 3. The maximum atomic E-state index is 14.2. The number of alkyl halides is 3. The van der Waals surface area contributed by atoms with Crippen LogP contribution in [0.1, 0.15) is 60.4 Å². The molecule has 0 unspecified atom stereocenters. The number of hydrogen-bond acceptors (Lipinski definition) is 4. The fraction of sp³-hybridized carbons (Fsp3) is 0.448. The van der Waals surface area contributed by atoms with E-state index in [1.165, 1.54) is 16.5 Å². The lowest BCUT2D eigenvalue weighted by atomic mass is 9.95. The van der Waals surface area contributed by atoms with Crippen molar-refractivity contribution in [1.29, 1.82) is 5.41 Å². The summed E-state index contributed by atoms with van der Waals surface area (Å²) < 4.78 is 48.3. The van der Waals surface area contributed by atoms with Gasteiger partial charge in [-0.3, -0.25) is 5.41 Å². The van der Waals surface area contributed by atoms with Crippen LogP contribution in [0.25, 0.3) is 5.70 Å². The SMILES string of the molecule is CCCc1ccc(CCc2ccc(C3=CCCCOC([C@@H]4[C@@H](O)CCN4C(=N)N)=N3)cc2C(F)(F)F)cc1. The van der Waals surface area contributed by atoms with Crippen LogP contribution in [0.4, 0.5) is 13.2 Å². The first-order valence-corrected chi connectivity index (χ1v) is 13.2. The number of allylic oxidation sites excluding steroid dienone is 1. The Morgan fingerprint density at radius 1 is 1.13 bits per heavy atom. The molecule has 0 aliphatic carbocycles. The molecule has 2 heterocycles. The number of rotatable bonds is 7. The van der Waals surface area contributed by atoms with Crippen molar-refractivity contribution in [2.75, 3.05) is 13.2 Å². The number of aliphatic imine (C=N–C) groups is 1. The van der Waals surface area contributed by atoms with Crippen molar-refractivity contribution in [2.24, 2.45) is 10.7 Å². The zero-order valence-electron chi connectivity index (χ0n) is 21.6. The summed E-state index contributed by atoms with van der Waals surface area (Å²) in [7, 11) is 0.